The van der Waals surface area contributed by atoms with Crippen LogP contribution in [0.25, 0.3) is 11.3 Å². The maximum absolute atomic E-state index is 12.0. The van der Waals surface area contributed by atoms with E-state index in [2.05, 4.69) is 4.98 Å². The zero-order chi connectivity index (χ0) is 13.4. The Morgan fingerprint density at radius 1 is 0.842 bits per heavy atom. The highest BCUT2D eigenvalue weighted by Gasteiger charge is 2.23. The third kappa shape index (κ3) is 1.83. The summed E-state index contributed by atoms with van der Waals surface area (Å²) in [7, 11) is 0. The molecule has 1 aliphatic carbocycles. The minimum atomic E-state index is -0.435. The van der Waals surface area contributed by atoms with Gasteiger partial charge in [-0.05, 0) is 17.7 Å². The van der Waals surface area contributed by atoms with Crippen LogP contribution < -0.4 is 5.43 Å². The largest absolute Gasteiger partial charge is 0.351 e. The van der Waals surface area contributed by atoms with Gasteiger partial charge in [-0.25, -0.2) is 0 Å². The molecule has 0 aliphatic heterocycles. The molecule has 1 N–H and O–H groups in total. The van der Waals surface area contributed by atoms with Crippen molar-refractivity contribution in [2.75, 3.05) is 0 Å². The predicted octanol–water partition coefficient (Wildman–Crippen LogP) is 1.98. The van der Waals surface area contributed by atoms with Crippen LogP contribution in [0.2, 0.25) is 0 Å². The van der Waals surface area contributed by atoms with Crippen LogP contribution in [0.1, 0.15) is 20.8 Å². The van der Waals surface area contributed by atoms with Crippen LogP contribution in [0.15, 0.2) is 53.3 Å². The quantitative estimate of drug-likeness (QED) is 0.842. The van der Waals surface area contributed by atoms with Crippen LogP contribution >= 0.6 is 0 Å². The number of hydrogen-bond acceptors (Lipinski definition) is 3. The summed E-state index contributed by atoms with van der Waals surface area (Å²) in [6, 6.07) is 10.5. The standard InChI is InChI=1S/C15H9NO3/c17-11-6-7-12(18)15-14(11)13(19)8-10(16-15)9-4-2-1-3-5-9/h1-8H,(H,16,19). The second-order valence-corrected chi connectivity index (χ2v) is 4.23. The summed E-state index contributed by atoms with van der Waals surface area (Å²) in [4.78, 5) is 38.3. The number of rotatable bonds is 1. The van der Waals surface area contributed by atoms with Crippen molar-refractivity contribution >= 4 is 11.6 Å². The minimum absolute atomic E-state index is 0.0684. The van der Waals surface area contributed by atoms with Gasteiger partial charge < -0.3 is 4.98 Å². The molecule has 92 valence electrons. The highest BCUT2D eigenvalue weighted by Crippen LogP contribution is 2.19. The number of aromatic amines is 1. The molecular weight excluding hydrogens is 242 g/mol. The highest BCUT2D eigenvalue weighted by atomic mass is 16.1. The number of H-pyrrole nitrogens is 1. The Bertz CT molecular complexity index is 770. The number of carbonyl (C=O) groups excluding carboxylic acids is 2. The van der Waals surface area contributed by atoms with Crippen LogP contribution in [0.3, 0.4) is 0 Å². The predicted molar refractivity (Wildman–Crippen MR) is 70.3 cm³/mol. The van der Waals surface area contributed by atoms with Gasteiger partial charge in [-0.1, -0.05) is 30.3 Å². The number of nitrogens with one attached hydrogen (secondary N) is 1. The molecule has 0 saturated carbocycles. The highest BCUT2D eigenvalue weighted by molar-refractivity contribution is 6.21. The normalized spacial score (nSPS) is 13.5. The van der Waals surface area contributed by atoms with E-state index in [1.54, 1.807) is 0 Å². The topological polar surface area (TPSA) is 67.0 Å². The summed E-state index contributed by atoms with van der Waals surface area (Å²) in [5, 5.41) is 0. The Kier molecular flexibility index (Phi) is 2.49. The SMILES string of the molecule is O=C1C=CC(=O)c2c1[nH]c(-c1ccccc1)cc2=O. The average molecular weight is 251 g/mol. The molecule has 0 spiro atoms. The van der Waals surface area contributed by atoms with Crippen LogP contribution in [-0.4, -0.2) is 16.6 Å². The lowest BCUT2D eigenvalue weighted by Gasteiger charge is -2.10. The van der Waals surface area contributed by atoms with Crippen molar-refractivity contribution in [3.63, 3.8) is 0 Å². The summed E-state index contributed by atoms with van der Waals surface area (Å²) < 4.78 is 0. The second-order valence-electron chi connectivity index (χ2n) is 4.23. The van der Waals surface area contributed by atoms with Crippen LogP contribution in [0.5, 0.6) is 0 Å². The molecule has 0 radical (unpaired) electrons. The molecule has 1 aliphatic rings. The van der Waals surface area contributed by atoms with E-state index in [9.17, 15) is 14.4 Å². The summed E-state index contributed by atoms with van der Waals surface area (Å²) >= 11 is 0. The average Bonchev–Trinajstić information content (AvgIpc) is 2.43. The molecule has 0 bridgehead atoms. The molecule has 4 heteroatoms. The maximum atomic E-state index is 12.0. The fourth-order valence-electron chi connectivity index (χ4n) is 2.08. The summed E-state index contributed by atoms with van der Waals surface area (Å²) in [6.07, 6.45) is 2.30. The van der Waals surface area contributed by atoms with E-state index in [1.165, 1.54) is 12.1 Å². The zero-order valence-electron chi connectivity index (χ0n) is 9.84. The zero-order valence-corrected chi connectivity index (χ0v) is 9.84. The van der Waals surface area contributed by atoms with Gasteiger partial charge in [-0.3, -0.25) is 14.4 Å². The second kappa shape index (κ2) is 4.17. The summed E-state index contributed by atoms with van der Waals surface area (Å²) in [5.74, 6) is -0.792. The Morgan fingerprint density at radius 3 is 2.26 bits per heavy atom. The third-order valence-corrected chi connectivity index (χ3v) is 3.00. The number of carbonyl (C=O) groups is 2. The first-order chi connectivity index (χ1) is 9.16. The molecule has 1 heterocycles. The fourth-order valence-corrected chi connectivity index (χ4v) is 2.08. The van der Waals surface area contributed by atoms with E-state index in [-0.39, 0.29) is 17.0 Å². The molecule has 0 fully saturated rings. The molecule has 0 saturated heterocycles. The van der Waals surface area contributed by atoms with Crippen LogP contribution in [-0.2, 0) is 0 Å². The first-order valence-electron chi connectivity index (χ1n) is 5.76. The van der Waals surface area contributed by atoms with Crippen molar-refractivity contribution < 1.29 is 9.59 Å². The molecule has 0 unspecified atom stereocenters. The lowest BCUT2D eigenvalue weighted by molar-refractivity contribution is 0.0989. The Morgan fingerprint density at radius 2 is 1.53 bits per heavy atom. The summed E-state index contributed by atoms with van der Waals surface area (Å²) in [6.45, 7) is 0. The lowest BCUT2D eigenvalue weighted by atomic mass is 9.98. The smallest absolute Gasteiger partial charge is 0.203 e. The van der Waals surface area contributed by atoms with Gasteiger partial charge in [-0.15, -0.1) is 0 Å². The van der Waals surface area contributed by atoms with Crippen LogP contribution in [0.4, 0.5) is 0 Å². The number of allylic oxidation sites excluding steroid dienone is 2. The number of ketones is 2. The first kappa shape index (κ1) is 11.3. The van der Waals surface area contributed by atoms with Crippen molar-refractivity contribution in [2.45, 2.75) is 0 Å². The van der Waals surface area contributed by atoms with E-state index in [0.717, 1.165) is 11.6 Å². The van der Waals surface area contributed by atoms with Crippen molar-refractivity contribution in [3.8, 4) is 11.3 Å². The van der Waals surface area contributed by atoms with Gasteiger partial charge in [0.05, 0.1) is 5.56 Å². The van der Waals surface area contributed by atoms with E-state index >= 15 is 0 Å². The molecule has 2 aromatic rings. The Balaban J connectivity index is 2.27. The summed E-state index contributed by atoms with van der Waals surface area (Å²) in [5.41, 5.74) is 0.874. The number of benzene rings is 1. The van der Waals surface area contributed by atoms with Gasteiger partial charge in [0.1, 0.15) is 5.69 Å². The van der Waals surface area contributed by atoms with Gasteiger partial charge >= 0.3 is 0 Å². The van der Waals surface area contributed by atoms with Crippen molar-refractivity contribution in [2.24, 2.45) is 0 Å². The van der Waals surface area contributed by atoms with Gasteiger partial charge in [0.2, 0.25) is 5.78 Å². The molecule has 0 atom stereocenters. The molecule has 0 amide bonds. The Hall–Kier alpha value is -2.75. The molecule has 19 heavy (non-hydrogen) atoms. The molecule has 1 aromatic heterocycles. The number of pyridine rings is 1. The van der Waals surface area contributed by atoms with Crippen LogP contribution in [0, 0.1) is 0 Å². The molecule has 3 rings (SSSR count). The number of fused-ring (bicyclic) bond motifs is 1. The van der Waals surface area contributed by atoms with Gasteiger partial charge in [0.15, 0.2) is 11.2 Å². The van der Waals surface area contributed by atoms with Gasteiger partial charge in [0.25, 0.3) is 0 Å². The van der Waals surface area contributed by atoms with Crippen molar-refractivity contribution in [1.82, 2.24) is 4.98 Å². The molecule has 4 nitrogen and oxygen atoms in total. The van der Waals surface area contributed by atoms with E-state index in [1.807, 2.05) is 30.3 Å². The van der Waals surface area contributed by atoms with Crippen molar-refractivity contribution in [1.29, 1.82) is 0 Å². The molecular formula is C15H9NO3. The lowest BCUT2D eigenvalue weighted by Crippen LogP contribution is -2.23. The van der Waals surface area contributed by atoms with E-state index < -0.39 is 11.2 Å². The third-order valence-electron chi connectivity index (χ3n) is 3.00. The monoisotopic (exact) mass is 251 g/mol. The number of aromatic nitrogens is 1. The van der Waals surface area contributed by atoms with E-state index in [0.29, 0.717) is 5.69 Å². The van der Waals surface area contributed by atoms with Crippen molar-refractivity contribution in [3.05, 3.63) is 70.0 Å². The Labute approximate surface area is 108 Å². The van der Waals surface area contributed by atoms with E-state index in [4.69, 9.17) is 0 Å². The van der Waals surface area contributed by atoms with Gasteiger partial charge in [0, 0.05) is 11.8 Å². The van der Waals surface area contributed by atoms with Gasteiger partial charge in [-0.2, -0.15) is 0 Å². The maximum Gasteiger partial charge on any atom is 0.203 e. The molecule has 1 aromatic carbocycles. The number of hydrogen-bond donors (Lipinski definition) is 1. The fraction of sp³-hybridized carbons (Fsp3) is 0. The first-order valence-corrected chi connectivity index (χ1v) is 5.76. The minimum Gasteiger partial charge on any atom is -0.351 e.